The quantitative estimate of drug-likeness (QED) is 0.716. The number of carbonyl (C=O) groups is 1. The van der Waals surface area contributed by atoms with E-state index < -0.39 is 40.6 Å². The minimum Gasteiger partial charge on any atom is -0.332 e. The Hall–Kier alpha value is -1.32. The molecule has 1 aromatic carbocycles. The summed E-state index contributed by atoms with van der Waals surface area (Å²) in [6.07, 6.45) is -4.57. The number of halogens is 4. The first-order valence-electron chi connectivity index (χ1n) is 7.68. The van der Waals surface area contributed by atoms with E-state index in [0.717, 1.165) is 11.4 Å². The molecule has 0 unspecified atom stereocenters. The molecular formula is C16H22ClF3N2O3S. The van der Waals surface area contributed by atoms with E-state index in [-0.39, 0.29) is 11.4 Å². The van der Waals surface area contributed by atoms with Crippen molar-refractivity contribution in [2.75, 3.05) is 26.7 Å². The standard InChI is InChI=1S/C16H22ClF3N2O3S/c1-15(2,3)10-22(11-16(18,19)20)14(23)9-21(4)26(24,25)13-7-5-12(17)6-8-13/h5-8H,9-11H2,1-4H3. The zero-order chi connectivity index (χ0) is 20.3. The van der Waals surface area contributed by atoms with E-state index in [4.69, 9.17) is 11.6 Å². The number of benzene rings is 1. The Kier molecular flexibility index (Phi) is 7.11. The largest absolute Gasteiger partial charge is 0.406 e. The monoisotopic (exact) mass is 414 g/mol. The number of alkyl halides is 3. The Morgan fingerprint density at radius 2 is 1.58 bits per heavy atom. The van der Waals surface area contributed by atoms with Gasteiger partial charge in [-0.05, 0) is 29.7 Å². The fourth-order valence-corrected chi connectivity index (χ4v) is 3.43. The molecule has 0 heterocycles. The fraction of sp³-hybridized carbons (Fsp3) is 0.562. The van der Waals surface area contributed by atoms with Crippen molar-refractivity contribution in [3.05, 3.63) is 29.3 Å². The summed E-state index contributed by atoms with van der Waals surface area (Å²) < 4.78 is 64.0. The number of likely N-dealkylation sites (N-methyl/N-ethyl adjacent to an activating group) is 1. The Bertz CT molecular complexity index is 713. The van der Waals surface area contributed by atoms with Crippen LogP contribution >= 0.6 is 11.6 Å². The Morgan fingerprint density at radius 3 is 2.00 bits per heavy atom. The van der Waals surface area contributed by atoms with Crippen molar-refractivity contribution in [3.8, 4) is 0 Å². The maximum Gasteiger partial charge on any atom is 0.406 e. The summed E-state index contributed by atoms with van der Waals surface area (Å²) >= 11 is 5.71. The van der Waals surface area contributed by atoms with E-state index in [9.17, 15) is 26.4 Å². The Morgan fingerprint density at radius 1 is 1.08 bits per heavy atom. The molecule has 0 aromatic heterocycles. The molecule has 0 aliphatic carbocycles. The average molecular weight is 415 g/mol. The number of nitrogens with zero attached hydrogens (tertiary/aromatic N) is 2. The molecule has 0 spiro atoms. The first kappa shape index (κ1) is 22.7. The molecule has 0 saturated carbocycles. The summed E-state index contributed by atoms with van der Waals surface area (Å²) in [5, 5.41) is 0.337. The van der Waals surface area contributed by atoms with Gasteiger partial charge in [0.1, 0.15) is 6.54 Å². The number of sulfonamides is 1. The van der Waals surface area contributed by atoms with Gasteiger partial charge in [-0.15, -0.1) is 0 Å². The summed E-state index contributed by atoms with van der Waals surface area (Å²) in [5.74, 6) is -0.919. The summed E-state index contributed by atoms with van der Waals surface area (Å²) in [5.41, 5.74) is -0.575. The van der Waals surface area contributed by atoms with Crippen LogP contribution in [0.4, 0.5) is 13.2 Å². The van der Waals surface area contributed by atoms with Crippen molar-refractivity contribution >= 4 is 27.5 Å². The lowest BCUT2D eigenvalue weighted by Gasteiger charge is -2.31. The van der Waals surface area contributed by atoms with E-state index in [1.165, 1.54) is 24.3 Å². The second-order valence-electron chi connectivity index (χ2n) is 7.14. The molecule has 1 rings (SSSR count). The highest BCUT2D eigenvalue weighted by Crippen LogP contribution is 2.22. The van der Waals surface area contributed by atoms with Crippen LogP contribution in [0.1, 0.15) is 20.8 Å². The molecule has 0 saturated heterocycles. The summed E-state index contributed by atoms with van der Waals surface area (Å²) in [4.78, 5) is 12.9. The van der Waals surface area contributed by atoms with E-state index in [2.05, 4.69) is 0 Å². The first-order chi connectivity index (χ1) is 11.6. The first-order valence-corrected chi connectivity index (χ1v) is 9.50. The van der Waals surface area contributed by atoms with Gasteiger partial charge in [0.05, 0.1) is 11.4 Å². The van der Waals surface area contributed by atoms with Crippen LogP contribution in [0.3, 0.4) is 0 Å². The minimum atomic E-state index is -4.57. The second kappa shape index (κ2) is 8.14. The number of carbonyl (C=O) groups excluding carboxylic acids is 1. The van der Waals surface area contributed by atoms with Gasteiger partial charge in [0.2, 0.25) is 15.9 Å². The molecule has 0 atom stereocenters. The smallest absolute Gasteiger partial charge is 0.332 e. The third kappa shape index (κ3) is 7.13. The van der Waals surface area contributed by atoms with Gasteiger partial charge in [-0.1, -0.05) is 32.4 Å². The van der Waals surface area contributed by atoms with E-state index in [1.807, 2.05) is 0 Å². The molecule has 1 amide bonds. The molecule has 1 aromatic rings. The molecule has 10 heteroatoms. The Balaban J connectivity index is 2.97. The highest BCUT2D eigenvalue weighted by molar-refractivity contribution is 7.89. The van der Waals surface area contributed by atoms with E-state index in [1.54, 1.807) is 20.8 Å². The van der Waals surface area contributed by atoms with Crippen LogP contribution in [0.5, 0.6) is 0 Å². The van der Waals surface area contributed by atoms with Crippen molar-refractivity contribution in [2.24, 2.45) is 5.41 Å². The van der Waals surface area contributed by atoms with Crippen molar-refractivity contribution < 1.29 is 26.4 Å². The van der Waals surface area contributed by atoms with E-state index in [0.29, 0.717) is 9.92 Å². The van der Waals surface area contributed by atoms with Gasteiger partial charge in [-0.2, -0.15) is 17.5 Å². The lowest BCUT2D eigenvalue weighted by atomic mass is 9.96. The second-order valence-corrected chi connectivity index (χ2v) is 9.62. The third-order valence-electron chi connectivity index (χ3n) is 3.27. The van der Waals surface area contributed by atoms with Crippen LogP contribution in [-0.4, -0.2) is 56.4 Å². The van der Waals surface area contributed by atoms with Gasteiger partial charge in [0.25, 0.3) is 0 Å². The van der Waals surface area contributed by atoms with Crippen LogP contribution in [0, 0.1) is 5.41 Å². The van der Waals surface area contributed by atoms with Gasteiger partial charge in [0, 0.05) is 18.6 Å². The van der Waals surface area contributed by atoms with Gasteiger partial charge in [-0.25, -0.2) is 8.42 Å². The van der Waals surface area contributed by atoms with E-state index >= 15 is 0 Å². The zero-order valence-electron chi connectivity index (χ0n) is 15.0. The van der Waals surface area contributed by atoms with Gasteiger partial charge in [0.15, 0.2) is 0 Å². The molecule has 0 aliphatic rings. The average Bonchev–Trinajstić information content (AvgIpc) is 2.43. The molecular weight excluding hydrogens is 393 g/mol. The number of amides is 1. The molecule has 148 valence electrons. The lowest BCUT2D eigenvalue weighted by Crippen LogP contribution is -2.47. The summed E-state index contributed by atoms with van der Waals surface area (Å²) in [6.45, 7) is 2.79. The van der Waals surface area contributed by atoms with Crippen molar-refractivity contribution in [1.82, 2.24) is 9.21 Å². The van der Waals surface area contributed by atoms with Crippen molar-refractivity contribution in [3.63, 3.8) is 0 Å². The highest BCUT2D eigenvalue weighted by Gasteiger charge is 2.35. The predicted octanol–water partition coefficient (Wildman–Crippen LogP) is 3.40. The summed E-state index contributed by atoms with van der Waals surface area (Å²) in [6, 6.07) is 5.28. The Labute approximate surface area is 156 Å². The fourth-order valence-electron chi connectivity index (χ4n) is 2.18. The molecule has 5 nitrogen and oxygen atoms in total. The maximum atomic E-state index is 12.8. The van der Waals surface area contributed by atoms with Crippen molar-refractivity contribution in [2.45, 2.75) is 31.8 Å². The number of hydrogen-bond acceptors (Lipinski definition) is 3. The predicted molar refractivity (Wildman–Crippen MR) is 93.4 cm³/mol. The molecule has 0 bridgehead atoms. The van der Waals surface area contributed by atoms with Crippen LogP contribution in [0.25, 0.3) is 0 Å². The van der Waals surface area contributed by atoms with Crippen LogP contribution in [0.2, 0.25) is 5.02 Å². The molecule has 26 heavy (non-hydrogen) atoms. The van der Waals surface area contributed by atoms with Crippen LogP contribution in [-0.2, 0) is 14.8 Å². The van der Waals surface area contributed by atoms with Gasteiger partial charge in [-0.3, -0.25) is 4.79 Å². The van der Waals surface area contributed by atoms with Crippen LogP contribution in [0.15, 0.2) is 29.2 Å². The highest BCUT2D eigenvalue weighted by atomic mass is 35.5. The maximum absolute atomic E-state index is 12.8. The molecule has 0 aliphatic heterocycles. The number of hydrogen-bond donors (Lipinski definition) is 0. The zero-order valence-corrected chi connectivity index (χ0v) is 16.5. The normalized spacial score (nSPS) is 13.1. The molecule has 0 radical (unpaired) electrons. The minimum absolute atomic E-state index is 0.101. The molecule has 0 N–H and O–H groups in total. The number of rotatable bonds is 6. The topological polar surface area (TPSA) is 57.7 Å². The van der Waals surface area contributed by atoms with Gasteiger partial charge >= 0.3 is 6.18 Å². The molecule has 0 fully saturated rings. The van der Waals surface area contributed by atoms with Crippen molar-refractivity contribution in [1.29, 1.82) is 0 Å². The lowest BCUT2D eigenvalue weighted by molar-refractivity contribution is -0.163. The van der Waals surface area contributed by atoms with Crippen LogP contribution < -0.4 is 0 Å². The summed E-state index contributed by atoms with van der Waals surface area (Å²) in [7, 11) is -2.88. The third-order valence-corrected chi connectivity index (χ3v) is 5.34. The SMILES string of the molecule is CN(CC(=O)N(CC(C)(C)C)CC(F)(F)F)S(=O)(=O)c1ccc(Cl)cc1. The van der Waals surface area contributed by atoms with Gasteiger partial charge < -0.3 is 4.90 Å².